The molecule has 110 valence electrons. The van der Waals surface area contributed by atoms with Crippen LogP contribution in [0.15, 0.2) is 48.0 Å². The van der Waals surface area contributed by atoms with Crippen molar-refractivity contribution in [3.8, 4) is 11.1 Å². The molecule has 0 fully saturated rings. The standard InChI is InChI=1S/C16H15N5O/c22-16-14(7-18-10-20-16)12-2-1-11-3-4-21(15(11)5-12)8-13-6-17-9-19-13/h1-2,5-7,9-10H,3-4,8H2,(H,17,19)(H,18,20,22). The number of aromatic amines is 2. The summed E-state index contributed by atoms with van der Waals surface area (Å²) >= 11 is 0. The molecule has 0 aliphatic carbocycles. The fourth-order valence-corrected chi connectivity index (χ4v) is 2.90. The molecular weight excluding hydrogens is 278 g/mol. The SMILES string of the molecule is O=c1[nH]cncc1-c1ccc2c(c1)N(Cc1c[nH]cn1)CC2. The quantitative estimate of drug-likeness (QED) is 0.771. The summed E-state index contributed by atoms with van der Waals surface area (Å²) < 4.78 is 0. The van der Waals surface area contributed by atoms with Gasteiger partial charge in [-0.3, -0.25) is 4.79 Å². The molecule has 1 aromatic carbocycles. The number of H-pyrrole nitrogens is 2. The van der Waals surface area contributed by atoms with E-state index in [1.165, 1.54) is 17.6 Å². The van der Waals surface area contributed by atoms with Gasteiger partial charge in [-0.15, -0.1) is 0 Å². The molecule has 6 heteroatoms. The monoisotopic (exact) mass is 293 g/mol. The number of hydrogen-bond acceptors (Lipinski definition) is 4. The number of fused-ring (bicyclic) bond motifs is 1. The summed E-state index contributed by atoms with van der Waals surface area (Å²) in [6.45, 7) is 1.73. The number of anilines is 1. The fraction of sp³-hybridized carbons (Fsp3) is 0.188. The van der Waals surface area contributed by atoms with Crippen LogP contribution in [-0.2, 0) is 13.0 Å². The Hall–Kier alpha value is -2.89. The summed E-state index contributed by atoms with van der Waals surface area (Å²) in [5, 5.41) is 0. The lowest BCUT2D eigenvalue weighted by atomic mass is 10.0. The Morgan fingerprint density at radius 1 is 1.27 bits per heavy atom. The highest BCUT2D eigenvalue weighted by Crippen LogP contribution is 2.32. The molecule has 2 aromatic heterocycles. The van der Waals surface area contributed by atoms with Crippen molar-refractivity contribution in [2.75, 3.05) is 11.4 Å². The third-order valence-electron chi connectivity index (χ3n) is 4.01. The van der Waals surface area contributed by atoms with E-state index in [1.54, 1.807) is 12.5 Å². The summed E-state index contributed by atoms with van der Waals surface area (Å²) in [5.41, 5.74) is 4.85. The van der Waals surface area contributed by atoms with Crippen LogP contribution in [0.1, 0.15) is 11.3 Å². The van der Waals surface area contributed by atoms with E-state index >= 15 is 0 Å². The number of aromatic nitrogens is 4. The van der Waals surface area contributed by atoms with E-state index in [2.05, 4.69) is 37.0 Å². The van der Waals surface area contributed by atoms with Gasteiger partial charge in [0.15, 0.2) is 0 Å². The molecule has 0 saturated heterocycles. The summed E-state index contributed by atoms with van der Waals surface area (Å²) in [4.78, 5) is 28.1. The second-order valence-corrected chi connectivity index (χ2v) is 5.37. The molecule has 1 aliphatic rings. The van der Waals surface area contributed by atoms with Crippen molar-refractivity contribution in [2.45, 2.75) is 13.0 Å². The Kier molecular flexibility index (Phi) is 3.00. The van der Waals surface area contributed by atoms with Crippen LogP contribution < -0.4 is 10.5 Å². The molecule has 0 atom stereocenters. The molecule has 22 heavy (non-hydrogen) atoms. The molecule has 0 spiro atoms. The second-order valence-electron chi connectivity index (χ2n) is 5.37. The van der Waals surface area contributed by atoms with Gasteiger partial charge in [0.05, 0.1) is 30.5 Å². The first-order valence-electron chi connectivity index (χ1n) is 7.20. The van der Waals surface area contributed by atoms with Crippen LogP contribution in [0.25, 0.3) is 11.1 Å². The third kappa shape index (κ3) is 2.18. The zero-order chi connectivity index (χ0) is 14.9. The molecule has 3 heterocycles. The van der Waals surface area contributed by atoms with Crippen LogP contribution in [-0.4, -0.2) is 26.5 Å². The number of nitrogens with zero attached hydrogens (tertiary/aromatic N) is 3. The molecule has 0 saturated carbocycles. The van der Waals surface area contributed by atoms with E-state index < -0.39 is 0 Å². The number of hydrogen-bond donors (Lipinski definition) is 2. The average Bonchev–Trinajstić information content (AvgIpc) is 3.18. The van der Waals surface area contributed by atoms with Crippen molar-refractivity contribution in [1.29, 1.82) is 0 Å². The van der Waals surface area contributed by atoms with E-state index in [9.17, 15) is 4.79 Å². The van der Waals surface area contributed by atoms with Crippen LogP contribution in [0.2, 0.25) is 0 Å². The van der Waals surface area contributed by atoms with Crippen LogP contribution in [0.4, 0.5) is 5.69 Å². The van der Waals surface area contributed by atoms with Crippen molar-refractivity contribution in [1.82, 2.24) is 19.9 Å². The highest BCUT2D eigenvalue weighted by molar-refractivity contribution is 5.71. The van der Waals surface area contributed by atoms with Crippen LogP contribution in [0.5, 0.6) is 0 Å². The average molecular weight is 293 g/mol. The number of imidazole rings is 1. The number of rotatable bonds is 3. The van der Waals surface area contributed by atoms with Crippen molar-refractivity contribution in [3.63, 3.8) is 0 Å². The van der Waals surface area contributed by atoms with Gasteiger partial charge < -0.3 is 14.9 Å². The van der Waals surface area contributed by atoms with E-state index in [1.807, 2.05) is 12.3 Å². The van der Waals surface area contributed by atoms with Gasteiger partial charge in [-0.2, -0.15) is 0 Å². The summed E-state index contributed by atoms with van der Waals surface area (Å²) in [6.07, 6.45) is 7.63. The van der Waals surface area contributed by atoms with Gasteiger partial charge in [0.1, 0.15) is 0 Å². The predicted octanol–water partition coefficient (Wildman–Crippen LogP) is 1.72. The third-order valence-corrected chi connectivity index (χ3v) is 4.01. The zero-order valence-corrected chi connectivity index (χ0v) is 11.9. The topological polar surface area (TPSA) is 77.7 Å². The molecule has 0 radical (unpaired) electrons. The van der Waals surface area contributed by atoms with Gasteiger partial charge >= 0.3 is 0 Å². The lowest BCUT2D eigenvalue weighted by Gasteiger charge is -2.18. The van der Waals surface area contributed by atoms with E-state index in [0.717, 1.165) is 30.8 Å². The van der Waals surface area contributed by atoms with E-state index in [4.69, 9.17) is 0 Å². The molecule has 6 nitrogen and oxygen atoms in total. The molecule has 0 bridgehead atoms. The molecule has 4 rings (SSSR count). The van der Waals surface area contributed by atoms with Gasteiger partial charge in [0.2, 0.25) is 0 Å². The lowest BCUT2D eigenvalue weighted by molar-refractivity contribution is 0.819. The molecule has 2 N–H and O–H groups in total. The van der Waals surface area contributed by atoms with E-state index in [-0.39, 0.29) is 5.56 Å². The Morgan fingerprint density at radius 3 is 3.05 bits per heavy atom. The molecule has 0 unspecified atom stereocenters. The Labute approximate surface area is 126 Å². The highest BCUT2D eigenvalue weighted by atomic mass is 16.1. The van der Waals surface area contributed by atoms with Crippen molar-refractivity contribution in [3.05, 3.63) is 64.9 Å². The van der Waals surface area contributed by atoms with Crippen LogP contribution in [0, 0.1) is 0 Å². The molecular formula is C16H15N5O. The van der Waals surface area contributed by atoms with Gasteiger partial charge in [-0.05, 0) is 23.6 Å². The number of nitrogens with one attached hydrogen (secondary N) is 2. The normalized spacial score (nSPS) is 13.4. The fourth-order valence-electron chi connectivity index (χ4n) is 2.90. The number of benzene rings is 1. The highest BCUT2D eigenvalue weighted by Gasteiger charge is 2.20. The maximum Gasteiger partial charge on any atom is 0.258 e. The Balaban J connectivity index is 1.71. The molecule has 0 amide bonds. The first-order valence-corrected chi connectivity index (χ1v) is 7.20. The summed E-state index contributed by atoms with van der Waals surface area (Å²) in [7, 11) is 0. The maximum atomic E-state index is 11.9. The zero-order valence-electron chi connectivity index (χ0n) is 11.9. The van der Waals surface area contributed by atoms with Crippen molar-refractivity contribution < 1.29 is 0 Å². The molecule has 3 aromatic rings. The minimum Gasteiger partial charge on any atom is -0.365 e. The second kappa shape index (κ2) is 5.14. The Morgan fingerprint density at radius 2 is 2.23 bits per heavy atom. The minimum atomic E-state index is -0.119. The Bertz CT molecular complexity index is 853. The largest absolute Gasteiger partial charge is 0.365 e. The van der Waals surface area contributed by atoms with Gasteiger partial charge in [0.25, 0.3) is 5.56 Å². The van der Waals surface area contributed by atoms with Gasteiger partial charge in [-0.25, -0.2) is 9.97 Å². The maximum absolute atomic E-state index is 11.9. The van der Waals surface area contributed by atoms with Gasteiger partial charge in [-0.1, -0.05) is 12.1 Å². The summed E-state index contributed by atoms with van der Waals surface area (Å²) in [6, 6.07) is 6.16. The van der Waals surface area contributed by atoms with Crippen molar-refractivity contribution >= 4 is 5.69 Å². The lowest BCUT2D eigenvalue weighted by Crippen LogP contribution is -2.20. The molecule has 1 aliphatic heterocycles. The van der Waals surface area contributed by atoms with Crippen molar-refractivity contribution in [2.24, 2.45) is 0 Å². The first kappa shape index (κ1) is 12.8. The van der Waals surface area contributed by atoms with Crippen LogP contribution in [0.3, 0.4) is 0 Å². The first-order chi connectivity index (χ1) is 10.8. The predicted molar refractivity (Wildman–Crippen MR) is 83.6 cm³/mol. The smallest absolute Gasteiger partial charge is 0.258 e. The van der Waals surface area contributed by atoms with E-state index in [0.29, 0.717) is 5.56 Å². The van der Waals surface area contributed by atoms with Crippen LogP contribution >= 0.6 is 0 Å². The summed E-state index contributed by atoms with van der Waals surface area (Å²) in [5.74, 6) is 0. The minimum absolute atomic E-state index is 0.119. The van der Waals surface area contributed by atoms with Gasteiger partial charge in [0, 0.05) is 24.6 Å².